The minimum atomic E-state index is -2.95. The average Bonchev–Trinajstić information content (AvgIpc) is 2.00. The van der Waals surface area contributed by atoms with E-state index in [1.54, 1.807) is 0 Å². The number of hydrogen-bond donors (Lipinski definition) is 1. The molecule has 0 radical (unpaired) electrons. The van der Waals surface area contributed by atoms with Crippen LogP contribution in [0, 0.1) is 0 Å². The van der Waals surface area contributed by atoms with Gasteiger partial charge in [-0.25, -0.2) is 8.42 Å². The summed E-state index contributed by atoms with van der Waals surface area (Å²) in [7, 11) is 0.758. The van der Waals surface area contributed by atoms with Gasteiger partial charge in [0, 0.05) is 12.6 Å². The van der Waals surface area contributed by atoms with Crippen molar-refractivity contribution in [2.75, 3.05) is 32.1 Å². The second kappa shape index (κ2) is 5.57. The van der Waals surface area contributed by atoms with Crippen LogP contribution in [0.5, 0.6) is 0 Å². The third-order valence-electron chi connectivity index (χ3n) is 1.84. The molecule has 0 aromatic heterocycles. The number of sulfone groups is 1. The van der Waals surface area contributed by atoms with Crippen molar-refractivity contribution in [1.82, 2.24) is 4.90 Å². The first-order valence-electron chi connectivity index (χ1n) is 4.48. The zero-order valence-corrected chi connectivity index (χ0v) is 9.47. The van der Waals surface area contributed by atoms with Gasteiger partial charge in [-0.2, -0.15) is 0 Å². The summed E-state index contributed by atoms with van der Waals surface area (Å²) >= 11 is 0. The molecular weight excluding hydrogens is 188 g/mol. The van der Waals surface area contributed by atoms with Crippen LogP contribution in [0.25, 0.3) is 0 Å². The maximum Gasteiger partial charge on any atom is 0.153 e. The van der Waals surface area contributed by atoms with E-state index in [4.69, 9.17) is 5.73 Å². The monoisotopic (exact) mass is 208 g/mol. The van der Waals surface area contributed by atoms with Gasteiger partial charge in [0.15, 0.2) is 9.84 Å². The van der Waals surface area contributed by atoms with E-state index < -0.39 is 9.84 Å². The summed E-state index contributed by atoms with van der Waals surface area (Å²) in [5, 5.41) is 0. The van der Waals surface area contributed by atoms with Crippen LogP contribution in [0.15, 0.2) is 0 Å². The predicted octanol–water partition coefficient (Wildman–Crippen LogP) is -0.300. The summed E-state index contributed by atoms with van der Waals surface area (Å²) in [6, 6.07) is -0.216. The molecule has 0 saturated carbocycles. The van der Waals surface area contributed by atoms with E-state index in [9.17, 15) is 8.42 Å². The summed E-state index contributed by atoms with van der Waals surface area (Å²) in [6.07, 6.45) is 0.710. The number of nitrogens with zero attached hydrogens (tertiary/aromatic N) is 1. The van der Waals surface area contributed by atoms with Crippen molar-refractivity contribution >= 4 is 9.84 Å². The largest absolute Gasteiger partial charge is 0.327 e. The van der Waals surface area contributed by atoms with Gasteiger partial charge in [-0.1, -0.05) is 6.92 Å². The molecule has 0 bridgehead atoms. The molecule has 4 nitrogen and oxygen atoms in total. The Labute approximate surface area is 81.0 Å². The highest BCUT2D eigenvalue weighted by molar-refractivity contribution is 7.91. The Balaban J connectivity index is 3.95. The normalized spacial score (nSPS) is 14.8. The van der Waals surface area contributed by atoms with Crippen LogP contribution >= 0.6 is 0 Å². The molecule has 0 rings (SSSR count). The molecule has 0 heterocycles. The van der Waals surface area contributed by atoms with Crippen molar-refractivity contribution in [3.8, 4) is 0 Å². The Hall–Kier alpha value is -0.130. The van der Waals surface area contributed by atoms with Crippen LogP contribution in [-0.2, 0) is 9.84 Å². The third-order valence-corrected chi connectivity index (χ3v) is 3.58. The maximum absolute atomic E-state index is 11.4. The zero-order valence-electron chi connectivity index (χ0n) is 8.66. The van der Waals surface area contributed by atoms with Crippen molar-refractivity contribution in [1.29, 1.82) is 0 Å². The fourth-order valence-electron chi connectivity index (χ4n) is 0.849. The van der Waals surface area contributed by atoms with E-state index in [1.165, 1.54) is 0 Å². The van der Waals surface area contributed by atoms with Crippen molar-refractivity contribution in [3.05, 3.63) is 0 Å². The summed E-state index contributed by atoms with van der Waals surface area (Å²) in [6.45, 7) is 2.46. The molecule has 0 aliphatic rings. The van der Waals surface area contributed by atoms with Crippen LogP contribution < -0.4 is 5.73 Å². The minimum absolute atomic E-state index is 0.108. The van der Waals surface area contributed by atoms with Gasteiger partial charge < -0.3 is 10.6 Å². The molecular formula is C8H20N2O2S. The Bertz CT molecular complexity index is 224. The van der Waals surface area contributed by atoms with E-state index in [2.05, 4.69) is 0 Å². The molecule has 1 atom stereocenters. The quantitative estimate of drug-likeness (QED) is 0.651. The lowest BCUT2D eigenvalue weighted by molar-refractivity contribution is 0.432. The lowest BCUT2D eigenvalue weighted by Gasteiger charge is -2.12. The van der Waals surface area contributed by atoms with E-state index >= 15 is 0 Å². The van der Waals surface area contributed by atoms with Gasteiger partial charge in [0.2, 0.25) is 0 Å². The molecule has 0 aromatic carbocycles. The Kier molecular flexibility index (Phi) is 5.51. The molecule has 2 N–H and O–H groups in total. The predicted molar refractivity (Wildman–Crippen MR) is 55.5 cm³/mol. The number of rotatable bonds is 6. The Morgan fingerprint density at radius 3 is 2.31 bits per heavy atom. The van der Waals surface area contributed by atoms with Gasteiger partial charge in [0.05, 0.1) is 11.5 Å². The highest BCUT2D eigenvalue weighted by atomic mass is 32.2. The molecule has 80 valence electrons. The van der Waals surface area contributed by atoms with E-state index in [-0.39, 0.29) is 17.5 Å². The van der Waals surface area contributed by atoms with Gasteiger partial charge in [-0.3, -0.25) is 0 Å². The maximum atomic E-state index is 11.4. The van der Waals surface area contributed by atoms with Gasteiger partial charge >= 0.3 is 0 Å². The molecule has 0 spiro atoms. The first kappa shape index (κ1) is 12.9. The van der Waals surface area contributed by atoms with Gasteiger partial charge in [-0.15, -0.1) is 0 Å². The van der Waals surface area contributed by atoms with Gasteiger partial charge in [0.1, 0.15) is 0 Å². The molecule has 0 aliphatic carbocycles. The average molecular weight is 208 g/mol. The van der Waals surface area contributed by atoms with Crippen molar-refractivity contribution in [2.45, 2.75) is 19.4 Å². The highest BCUT2D eigenvalue weighted by Crippen LogP contribution is 1.96. The molecule has 0 aromatic rings. The fraction of sp³-hybridized carbons (Fsp3) is 1.00. The van der Waals surface area contributed by atoms with Crippen LogP contribution in [0.2, 0.25) is 0 Å². The summed E-state index contributed by atoms with van der Waals surface area (Å²) in [5.74, 6) is 0.311. The van der Waals surface area contributed by atoms with Crippen LogP contribution in [-0.4, -0.2) is 51.5 Å². The Morgan fingerprint density at radius 1 is 1.38 bits per heavy atom. The molecule has 0 amide bonds. The van der Waals surface area contributed by atoms with Crippen LogP contribution in [0.4, 0.5) is 0 Å². The third kappa shape index (κ3) is 6.98. The van der Waals surface area contributed by atoms with Crippen LogP contribution in [0.1, 0.15) is 13.3 Å². The molecule has 1 unspecified atom stereocenters. The standard InChI is InChI=1S/C8H20N2O2S/c1-4-8(9)7-13(11,12)6-5-10(2)3/h8H,4-7,9H2,1-3H3. The first-order valence-corrected chi connectivity index (χ1v) is 6.30. The van der Waals surface area contributed by atoms with E-state index in [1.807, 2.05) is 25.9 Å². The Morgan fingerprint density at radius 2 is 1.92 bits per heavy atom. The second-order valence-electron chi connectivity index (χ2n) is 3.59. The zero-order chi connectivity index (χ0) is 10.5. The SMILES string of the molecule is CCC(N)CS(=O)(=O)CCN(C)C. The molecule has 13 heavy (non-hydrogen) atoms. The smallest absolute Gasteiger partial charge is 0.153 e. The fourth-order valence-corrected chi connectivity index (χ4v) is 2.55. The summed E-state index contributed by atoms with van der Waals surface area (Å²) in [4.78, 5) is 1.86. The summed E-state index contributed by atoms with van der Waals surface area (Å²) < 4.78 is 22.8. The number of nitrogens with two attached hydrogens (primary N) is 1. The topological polar surface area (TPSA) is 63.4 Å². The van der Waals surface area contributed by atoms with Crippen molar-refractivity contribution < 1.29 is 8.42 Å². The molecule has 0 saturated heterocycles. The lowest BCUT2D eigenvalue weighted by Crippen LogP contribution is -2.32. The van der Waals surface area contributed by atoms with E-state index in [0.29, 0.717) is 13.0 Å². The molecule has 5 heteroatoms. The summed E-state index contributed by atoms with van der Waals surface area (Å²) in [5.41, 5.74) is 5.57. The minimum Gasteiger partial charge on any atom is -0.327 e. The lowest BCUT2D eigenvalue weighted by atomic mass is 10.3. The molecule has 0 aliphatic heterocycles. The van der Waals surface area contributed by atoms with Crippen molar-refractivity contribution in [2.24, 2.45) is 5.73 Å². The van der Waals surface area contributed by atoms with Gasteiger partial charge in [0.25, 0.3) is 0 Å². The first-order chi connectivity index (χ1) is 5.87. The molecule has 0 fully saturated rings. The number of hydrogen-bond acceptors (Lipinski definition) is 4. The highest BCUT2D eigenvalue weighted by Gasteiger charge is 2.14. The van der Waals surface area contributed by atoms with Crippen LogP contribution in [0.3, 0.4) is 0 Å². The van der Waals surface area contributed by atoms with Gasteiger partial charge in [-0.05, 0) is 20.5 Å². The second-order valence-corrected chi connectivity index (χ2v) is 5.81. The van der Waals surface area contributed by atoms with E-state index in [0.717, 1.165) is 0 Å². The van der Waals surface area contributed by atoms with Crippen molar-refractivity contribution in [3.63, 3.8) is 0 Å².